The fourth-order valence-electron chi connectivity index (χ4n) is 0.852. The van der Waals surface area contributed by atoms with E-state index in [-0.39, 0.29) is 18.2 Å². The molecule has 0 saturated carbocycles. The van der Waals surface area contributed by atoms with E-state index in [1.54, 1.807) is 6.92 Å². The Kier molecular flexibility index (Phi) is 6.34. The fourth-order valence-corrected chi connectivity index (χ4v) is 0.852. The van der Waals surface area contributed by atoms with Crippen molar-refractivity contribution in [1.29, 1.82) is 0 Å². The normalized spacial score (nSPS) is 18.8. The van der Waals surface area contributed by atoms with Crippen LogP contribution in [0.5, 0.6) is 0 Å². The van der Waals surface area contributed by atoms with Gasteiger partial charge in [0.2, 0.25) is 0 Å². The summed E-state index contributed by atoms with van der Waals surface area (Å²) >= 11 is 0. The van der Waals surface area contributed by atoms with Crippen molar-refractivity contribution in [2.24, 2.45) is 0 Å². The van der Waals surface area contributed by atoms with Crippen molar-refractivity contribution in [1.82, 2.24) is 5.32 Å². The van der Waals surface area contributed by atoms with Crippen molar-refractivity contribution in [2.45, 2.75) is 51.9 Å². The Balaban J connectivity index is 3.30. The smallest absolute Gasteiger partial charge is 0.0662 e. The molecule has 74 valence electrons. The summed E-state index contributed by atoms with van der Waals surface area (Å²) in [6.45, 7) is 6.42. The standard InChI is InChI=1S/C9H21NO2/c1-4-9(12)5-6-10-7(2)8(3)11/h7-12H,4-6H2,1-3H3. The second-order valence-electron chi connectivity index (χ2n) is 3.33. The predicted octanol–water partition coefficient (Wildman–Crippen LogP) is 0.506. The minimum Gasteiger partial charge on any atom is -0.393 e. The van der Waals surface area contributed by atoms with Crippen LogP contribution in [0.15, 0.2) is 0 Å². The van der Waals surface area contributed by atoms with Gasteiger partial charge in [-0.15, -0.1) is 0 Å². The SMILES string of the molecule is CCC(O)CCNC(C)C(C)O. The molecular formula is C9H21NO2. The van der Waals surface area contributed by atoms with Gasteiger partial charge in [-0.25, -0.2) is 0 Å². The Morgan fingerprint density at radius 1 is 1.25 bits per heavy atom. The van der Waals surface area contributed by atoms with Gasteiger partial charge in [0.1, 0.15) is 0 Å². The third-order valence-electron chi connectivity index (χ3n) is 2.14. The zero-order valence-corrected chi connectivity index (χ0v) is 8.25. The average Bonchev–Trinajstić information content (AvgIpc) is 2.03. The van der Waals surface area contributed by atoms with Crippen molar-refractivity contribution in [3.8, 4) is 0 Å². The summed E-state index contributed by atoms with van der Waals surface area (Å²) in [5, 5.41) is 21.5. The molecule has 3 unspecified atom stereocenters. The molecule has 0 aliphatic carbocycles. The number of rotatable bonds is 6. The quantitative estimate of drug-likeness (QED) is 0.551. The van der Waals surface area contributed by atoms with Crippen molar-refractivity contribution in [2.75, 3.05) is 6.54 Å². The summed E-state index contributed by atoms with van der Waals surface area (Å²) in [6, 6.07) is 0.106. The molecule has 0 aliphatic rings. The van der Waals surface area contributed by atoms with Crippen molar-refractivity contribution in [3.05, 3.63) is 0 Å². The van der Waals surface area contributed by atoms with Crippen LogP contribution in [-0.2, 0) is 0 Å². The molecule has 0 aromatic rings. The summed E-state index contributed by atoms with van der Waals surface area (Å²) in [5.41, 5.74) is 0. The van der Waals surface area contributed by atoms with Gasteiger partial charge in [0.15, 0.2) is 0 Å². The van der Waals surface area contributed by atoms with E-state index in [2.05, 4.69) is 5.32 Å². The van der Waals surface area contributed by atoms with Crippen LogP contribution in [0.4, 0.5) is 0 Å². The second-order valence-corrected chi connectivity index (χ2v) is 3.33. The molecule has 0 spiro atoms. The Hall–Kier alpha value is -0.120. The number of hydrogen-bond acceptors (Lipinski definition) is 3. The molecule has 0 bridgehead atoms. The minimum atomic E-state index is -0.330. The summed E-state index contributed by atoms with van der Waals surface area (Å²) in [5.74, 6) is 0. The number of aliphatic hydroxyl groups is 2. The molecule has 0 fully saturated rings. The third-order valence-corrected chi connectivity index (χ3v) is 2.14. The molecule has 3 heteroatoms. The first kappa shape index (κ1) is 11.9. The van der Waals surface area contributed by atoms with E-state index in [0.717, 1.165) is 19.4 Å². The number of hydrogen-bond donors (Lipinski definition) is 3. The largest absolute Gasteiger partial charge is 0.393 e. The molecule has 3 N–H and O–H groups in total. The molecule has 0 aromatic carbocycles. The Bertz CT molecular complexity index is 107. The zero-order valence-electron chi connectivity index (χ0n) is 8.25. The number of nitrogens with one attached hydrogen (secondary N) is 1. The monoisotopic (exact) mass is 175 g/mol. The third kappa shape index (κ3) is 5.52. The fraction of sp³-hybridized carbons (Fsp3) is 1.00. The second kappa shape index (κ2) is 6.40. The van der Waals surface area contributed by atoms with Gasteiger partial charge in [-0.05, 0) is 33.2 Å². The molecule has 3 atom stereocenters. The van der Waals surface area contributed by atoms with Gasteiger partial charge in [-0.1, -0.05) is 6.92 Å². The molecule has 0 radical (unpaired) electrons. The molecule has 0 heterocycles. The van der Waals surface area contributed by atoms with Crippen LogP contribution >= 0.6 is 0 Å². The molecule has 3 nitrogen and oxygen atoms in total. The van der Waals surface area contributed by atoms with Crippen LogP contribution in [-0.4, -0.2) is 35.0 Å². The van der Waals surface area contributed by atoms with E-state index in [4.69, 9.17) is 5.11 Å². The molecular weight excluding hydrogens is 154 g/mol. The first-order valence-corrected chi connectivity index (χ1v) is 4.67. The first-order chi connectivity index (χ1) is 5.57. The molecule has 0 aliphatic heterocycles. The minimum absolute atomic E-state index is 0.106. The van der Waals surface area contributed by atoms with Crippen LogP contribution in [0.3, 0.4) is 0 Å². The van der Waals surface area contributed by atoms with E-state index in [9.17, 15) is 5.11 Å². The maximum Gasteiger partial charge on any atom is 0.0662 e. The Morgan fingerprint density at radius 3 is 2.25 bits per heavy atom. The van der Waals surface area contributed by atoms with Crippen LogP contribution in [0.1, 0.15) is 33.6 Å². The lowest BCUT2D eigenvalue weighted by Gasteiger charge is -2.17. The lowest BCUT2D eigenvalue weighted by molar-refractivity contribution is 0.137. The lowest BCUT2D eigenvalue weighted by Crippen LogP contribution is -2.36. The highest BCUT2D eigenvalue weighted by atomic mass is 16.3. The van der Waals surface area contributed by atoms with Crippen molar-refractivity contribution >= 4 is 0 Å². The van der Waals surface area contributed by atoms with Gasteiger partial charge in [-0.2, -0.15) is 0 Å². The van der Waals surface area contributed by atoms with E-state index in [1.165, 1.54) is 0 Å². The van der Waals surface area contributed by atoms with Gasteiger partial charge in [0.25, 0.3) is 0 Å². The maximum atomic E-state index is 9.21. The summed E-state index contributed by atoms with van der Waals surface area (Å²) in [7, 11) is 0. The summed E-state index contributed by atoms with van der Waals surface area (Å²) in [6.07, 6.45) is 1.01. The van der Waals surface area contributed by atoms with Crippen molar-refractivity contribution in [3.63, 3.8) is 0 Å². The predicted molar refractivity (Wildman–Crippen MR) is 50.1 cm³/mol. The van der Waals surface area contributed by atoms with Crippen molar-refractivity contribution < 1.29 is 10.2 Å². The molecule has 0 amide bonds. The van der Waals surface area contributed by atoms with E-state index in [1.807, 2.05) is 13.8 Å². The molecule has 12 heavy (non-hydrogen) atoms. The average molecular weight is 175 g/mol. The van der Waals surface area contributed by atoms with E-state index < -0.39 is 0 Å². The van der Waals surface area contributed by atoms with Crippen LogP contribution in [0.2, 0.25) is 0 Å². The molecule has 0 aromatic heterocycles. The Morgan fingerprint density at radius 2 is 1.83 bits per heavy atom. The topological polar surface area (TPSA) is 52.5 Å². The van der Waals surface area contributed by atoms with Crippen LogP contribution < -0.4 is 5.32 Å². The van der Waals surface area contributed by atoms with Gasteiger partial charge >= 0.3 is 0 Å². The zero-order chi connectivity index (χ0) is 9.56. The highest BCUT2D eigenvalue weighted by molar-refractivity contribution is 4.67. The maximum absolute atomic E-state index is 9.21. The molecule has 0 saturated heterocycles. The molecule has 0 rings (SSSR count). The summed E-state index contributed by atoms with van der Waals surface area (Å²) in [4.78, 5) is 0. The van der Waals surface area contributed by atoms with E-state index >= 15 is 0 Å². The highest BCUT2D eigenvalue weighted by Crippen LogP contribution is 1.96. The first-order valence-electron chi connectivity index (χ1n) is 4.67. The van der Waals surface area contributed by atoms with E-state index in [0.29, 0.717) is 0 Å². The van der Waals surface area contributed by atoms with Crippen LogP contribution in [0, 0.1) is 0 Å². The summed E-state index contributed by atoms with van der Waals surface area (Å²) < 4.78 is 0. The van der Waals surface area contributed by atoms with Gasteiger partial charge in [0.05, 0.1) is 12.2 Å². The highest BCUT2D eigenvalue weighted by Gasteiger charge is 2.07. The number of aliphatic hydroxyl groups excluding tert-OH is 2. The van der Waals surface area contributed by atoms with Crippen LogP contribution in [0.25, 0.3) is 0 Å². The lowest BCUT2D eigenvalue weighted by atomic mass is 10.2. The van der Waals surface area contributed by atoms with Gasteiger partial charge in [0, 0.05) is 6.04 Å². The van der Waals surface area contributed by atoms with Gasteiger partial charge in [-0.3, -0.25) is 0 Å². The van der Waals surface area contributed by atoms with Gasteiger partial charge < -0.3 is 15.5 Å². The Labute approximate surface area is 74.8 Å².